The SMILES string of the molecule is CC(C)c1cc(Cl)cc2cc3csc(N)c3c(=O)cc12. The molecule has 4 heteroatoms. The van der Waals surface area contributed by atoms with Crippen LogP contribution in [0, 0.1) is 0 Å². The molecule has 0 bridgehead atoms. The van der Waals surface area contributed by atoms with E-state index in [9.17, 15) is 4.79 Å². The third kappa shape index (κ3) is 2.07. The Morgan fingerprint density at radius 2 is 1.90 bits per heavy atom. The van der Waals surface area contributed by atoms with E-state index >= 15 is 0 Å². The Morgan fingerprint density at radius 3 is 2.60 bits per heavy atom. The molecule has 2 nitrogen and oxygen atoms in total. The normalized spacial score (nSPS) is 11.6. The first-order chi connectivity index (χ1) is 9.47. The molecule has 1 heterocycles. The van der Waals surface area contributed by atoms with Gasteiger partial charge in [0.1, 0.15) is 0 Å². The topological polar surface area (TPSA) is 43.1 Å². The molecule has 20 heavy (non-hydrogen) atoms. The minimum absolute atomic E-state index is 0.0297. The molecule has 0 saturated heterocycles. The standard InChI is InChI=1S/C16H14ClNOS/c1-8(2)12-5-11(17)4-9-3-10-7-20-16(18)15(10)14(19)6-13(9)12/h3-8H,18H2,1-2H3. The van der Waals surface area contributed by atoms with Crippen LogP contribution in [0.1, 0.15) is 25.3 Å². The molecular weight excluding hydrogens is 290 g/mol. The van der Waals surface area contributed by atoms with Crippen LogP contribution in [-0.2, 0) is 0 Å². The zero-order valence-electron chi connectivity index (χ0n) is 11.2. The van der Waals surface area contributed by atoms with Gasteiger partial charge < -0.3 is 5.73 Å². The lowest BCUT2D eigenvalue weighted by molar-refractivity contribution is 0.876. The van der Waals surface area contributed by atoms with Gasteiger partial charge in [0.2, 0.25) is 0 Å². The molecule has 1 aromatic heterocycles. The number of nitrogens with two attached hydrogens (primary N) is 1. The fourth-order valence-corrected chi connectivity index (χ4v) is 3.56. The first kappa shape index (κ1) is 13.4. The monoisotopic (exact) mass is 303 g/mol. The van der Waals surface area contributed by atoms with Crippen LogP contribution >= 0.6 is 22.9 Å². The highest BCUT2D eigenvalue weighted by Gasteiger charge is 2.10. The zero-order valence-corrected chi connectivity index (χ0v) is 12.8. The zero-order chi connectivity index (χ0) is 14.4. The molecule has 0 aliphatic heterocycles. The predicted molar refractivity (Wildman–Crippen MR) is 89.1 cm³/mol. The van der Waals surface area contributed by atoms with Gasteiger partial charge in [0, 0.05) is 10.4 Å². The number of halogens is 1. The Hall–Kier alpha value is -1.58. The van der Waals surface area contributed by atoms with Crippen molar-refractivity contribution in [2.24, 2.45) is 0 Å². The highest BCUT2D eigenvalue weighted by molar-refractivity contribution is 7.15. The Labute approximate surface area is 125 Å². The molecule has 0 saturated carbocycles. The van der Waals surface area contributed by atoms with Crippen molar-refractivity contribution in [1.82, 2.24) is 0 Å². The second-order valence-electron chi connectivity index (χ2n) is 5.24. The van der Waals surface area contributed by atoms with E-state index in [0.717, 1.165) is 21.7 Å². The summed E-state index contributed by atoms with van der Waals surface area (Å²) in [6.07, 6.45) is 0. The molecule has 3 rings (SSSR count). The third-order valence-corrected chi connectivity index (χ3v) is 4.56. The van der Waals surface area contributed by atoms with Crippen LogP contribution in [0.3, 0.4) is 0 Å². The van der Waals surface area contributed by atoms with E-state index in [0.29, 0.717) is 21.3 Å². The van der Waals surface area contributed by atoms with E-state index in [1.807, 2.05) is 23.6 Å². The van der Waals surface area contributed by atoms with Crippen molar-refractivity contribution in [2.75, 3.05) is 5.73 Å². The number of rotatable bonds is 1. The van der Waals surface area contributed by atoms with Crippen molar-refractivity contribution in [3.63, 3.8) is 0 Å². The quantitative estimate of drug-likeness (QED) is 0.703. The number of hydrogen-bond donors (Lipinski definition) is 1. The highest BCUT2D eigenvalue weighted by Crippen LogP contribution is 2.32. The summed E-state index contributed by atoms with van der Waals surface area (Å²) in [5.41, 5.74) is 6.97. The maximum absolute atomic E-state index is 12.4. The van der Waals surface area contributed by atoms with Crippen molar-refractivity contribution < 1.29 is 0 Å². The lowest BCUT2D eigenvalue weighted by Crippen LogP contribution is -1.98. The minimum Gasteiger partial charge on any atom is -0.390 e. The fraction of sp³-hybridized carbons (Fsp3) is 0.188. The molecule has 0 atom stereocenters. The fourth-order valence-electron chi connectivity index (χ4n) is 2.55. The summed E-state index contributed by atoms with van der Waals surface area (Å²) in [5.74, 6) is 0.299. The smallest absolute Gasteiger partial charge is 0.190 e. The molecule has 0 unspecified atom stereocenters. The lowest BCUT2D eigenvalue weighted by atomic mass is 9.97. The van der Waals surface area contributed by atoms with Crippen LogP contribution in [0.25, 0.3) is 21.5 Å². The Bertz CT molecular complexity index is 883. The Balaban J connectivity index is 2.58. The van der Waals surface area contributed by atoms with Crippen molar-refractivity contribution in [3.8, 4) is 0 Å². The number of thiophene rings is 1. The molecule has 102 valence electrons. The van der Waals surface area contributed by atoms with Gasteiger partial charge in [-0.05, 0) is 51.9 Å². The second-order valence-corrected chi connectivity index (χ2v) is 6.58. The Morgan fingerprint density at radius 1 is 1.15 bits per heavy atom. The van der Waals surface area contributed by atoms with Gasteiger partial charge in [0.05, 0.1) is 10.4 Å². The molecule has 2 aromatic carbocycles. The third-order valence-electron chi connectivity index (χ3n) is 3.51. The van der Waals surface area contributed by atoms with E-state index in [1.54, 1.807) is 6.07 Å². The van der Waals surface area contributed by atoms with Gasteiger partial charge in [-0.3, -0.25) is 4.79 Å². The highest BCUT2D eigenvalue weighted by atomic mass is 35.5. The van der Waals surface area contributed by atoms with Gasteiger partial charge in [-0.2, -0.15) is 0 Å². The number of nitrogen functional groups attached to an aromatic ring is 1. The van der Waals surface area contributed by atoms with Crippen molar-refractivity contribution in [1.29, 1.82) is 0 Å². The second kappa shape index (κ2) is 4.76. The number of fused-ring (bicyclic) bond motifs is 2. The first-order valence-corrected chi connectivity index (χ1v) is 7.67. The van der Waals surface area contributed by atoms with E-state index in [1.165, 1.54) is 11.3 Å². The molecule has 0 aliphatic carbocycles. The summed E-state index contributed by atoms with van der Waals surface area (Å²) in [5, 5.41) is 6.60. The van der Waals surface area contributed by atoms with Crippen LogP contribution in [0.2, 0.25) is 5.02 Å². The van der Waals surface area contributed by atoms with Gasteiger partial charge in [0.15, 0.2) is 5.43 Å². The summed E-state index contributed by atoms with van der Waals surface area (Å²) >= 11 is 7.60. The average molecular weight is 304 g/mol. The largest absolute Gasteiger partial charge is 0.390 e. The summed E-state index contributed by atoms with van der Waals surface area (Å²) in [6, 6.07) is 7.52. The van der Waals surface area contributed by atoms with Crippen LogP contribution in [0.15, 0.2) is 34.4 Å². The summed E-state index contributed by atoms with van der Waals surface area (Å²) in [4.78, 5) is 12.4. The molecule has 2 N–H and O–H groups in total. The van der Waals surface area contributed by atoms with Crippen LogP contribution in [0.4, 0.5) is 5.00 Å². The summed E-state index contributed by atoms with van der Waals surface area (Å²) in [7, 11) is 0. The van der Waals surface area contributed by atoms with E-state index in [-0.39, 0.29) is 5.43 Å². The molecule has 0 aliphatic rings. The lowest BCUT2D eigenvalue weighted by Gasteiger charge is -2.09. The minimum atomic E-state index is -0.0297. The van der Waals surface area contributed by atoms with Crippen molar-refractivity contribution in [2.45, 2.75) is 19.8 Å². The van der Waals surface area contributed by atoms with E-state index < -0.39 is 0 Å². The summed E-state index contributed by atoms with van der Waals surface area (Å²) < 4.78 is 0. The van der Waals surface area contributed by atoms with E-state index in [2.05, 4.69) is 13.8 Å². The molecule has 0 radical (unpaired) electrons. The number of anilines is 1. The van der Waals surface area contributed by atoms with Crippen molar-refractivity contribution in [3.05, 3.63) is 50.5 Å². The van der Waals surface area contributed by atoms with Gasteiger partial charge in [-0.25, -0.2) is 0 Å². The molecular formula is C16H14ClNOS. The van der Waals surface area contributed by atoms with Crippen LogP contribution in [0.5, 0.6) is 0 Å². The number of hydrogen-bond acceptors (Lipinski definition) is 3. The summed E-state index contributed by atoms with van der Waals surface area (Å²) in [6.45, 7) is 4.19. The molecule has 3 aromatic rings. The molecule has 0 amide bonds. The molecule has 0 fully saturated rings. The van der Waals surface area contributed by atoms with Crippen molar-refractivity contribution >= 4 is 49.5 Å². The Kier molecular flexibility index (Phi) is 3.19. The number of benzene rings is 1. The van der Waals surface area contributed by atoms with Gasteiger partial charge in [-0.15, -0.1) is 11.3 Å². The maximum Gasteiger partial charge on any atom is 0.190 e. The van der Waals surface area contributed by atoms with Gasteiger partial charge in [0.25, 0.3) is 0 Å². The van der Waals surface area contributed by atoms with E-state index in [4.69, 9.17) is 17.3 Å². The molecule has 0 spiro atoms. The first-order valence-electron chi connectivity index (χ1n) is 6.41. The van der Waals surface area contributed by atoms with Crippen LogP contribution in [-0.4, -0.2) is 0 Å². The maximum atomic E-state index is 12.4. The van der Waals surface area contributed by atoms with Gasteiger partial charge >= 0.3 is 0 Å². The van der Waals surface area contributed by atoms with Crippen LogP contribution < -0.4 is 11.2 Å². The average Bonchev–Trinajstić information content (AvgIpc) is 2.65. The van der Waals surface area contributed by atoms with Gasteiger partial charge in [-0.1, -0.05) is 25.4 Å². The predicted octanol–water partition coefficient (Wildman–Crippen LogP) is 4.77.